The largest absolute Gasteiger partial charge is 0.323 e. The Morgan fingerprint density at radius 1 is 1.50 bits per heavy atom. The summed E-state index contributed by atoms with van der Waals surface area (Å²) in [6.07, 6.45) is 2.24. The van der Waals surface area contributed by atoms with E-state index in [9.17, 15) is 0 Å². The lowest BCUT2D eigenvalue weighted by Gasteiger charge is -2.20. The summed E-state index contributed by atoms with van der Waals surface area (Å²) in [7, 11) is 0. The molecule has 0 spiro atoms. The molecule has 0 bridgehead atoms. The topological polar surface area (TPSA) is 26.0 Å². The molecule has 1 aromatic rings. The van der Waals surface area contributed by atoms with Crippen LogP contribution in [0.5, 0.6) is 0 Å². The van der Waals surface area contributed by atoms with Gasteiger partial charge in [-0.3, -0.25) is 0 Å². The Balaban J connectivity index is 2.47. The smallest absolute Gasteiger partial charge is 0.0390 e. The summed E-state index contributed by atoms with van der Waals surface area (Å²) in [4.78, 5) is 1.28. The fourth-order valence-corrected chi connectivity index (χ4v) is 2.74. The second kappa shape index (κ2) is 4.77. The Bertz CT molecular complexity index is 288. The molecule has 0 fully saturated rings. The molecule has 1 nitrogen and oxygen atoms in total. The summed E-state index contributed by atoms with van der Waals surface area (Å²) in [5.41, 5.74) is 6.49. The van der Waals surface area contributed by atoms with Crippen LogP contribution in [0.25, 0.3) is 0 Å². The lowest BCUT2D eigenvalue weighted by atomic mass is 9.88. The van der Waals surface area contributed by atoms with Crippen LogP contribution in [-0.4, -0.2) is 0 Å². The maximum Gasteiger partial charge on any atom is 0.0390 e. The molecule has 1 aromatic heterocycles. The van der Waals surface area contributed by atoms with Gasteiger partial charge in [0.05, 0.1) is 0 Å². The van der Waals surface area contributed by atoms with Crippen LogP contribution in [0.1, 0.15) is 44.5 Å². The standard InChI is InChI=1S/C11H18BrNS/c1-11(2,3)5-4-9(13)10-6-8(12)7-14-10/h6-7,9H,4-5,13H2,1-3H3. The molecule has 0 amide bonds. The Labute approximate surface area is 98.8 Å². The van der Waals surface area contributed by atoms with E-state index in [4.69, 9.17) is 5.73 Å². The molecule has 2 N–H and O–H groups in total. The second-order valence-corrected chi connectivity index (χ2v) is 6.73. The Morgan fingerprint density at radius 3 is 2.57 bits per heavy atom. The van der Waals surface area contributed by atoms with Crippen molar-refractivity contribution < 1.29 is 0 Å². The van der Waals surface area contributed by atoms with E-state index in [1.165, 1.54) is 11.3 Å². The van der Waals surface area contributed by atoms with Gasteiger partial charge in [-0.05, 0) is 40.3 Å². The van der Waals surface area contributed by atoms with Gasteiger partial charge in [0.1, 0.15) is 0 Å². The maximum absolute atomic E-state index is 6.11. The first-order chi connectivity index (χ1) is 6.38. The number of hydrogen-bond acceptors (Lipinski definition) is 2. The zero-order valence-electron chi connectivity index (χ0n) is 9.01. The van der Waals surface area contributed by atoms with E-state index in [0.717, 1.165) is 10.9 Å². The molecule has 0 aliphatic rings. The second-order valence-electron chi connectivity index (χ2n) is 4.87. The molecule has 0 aliphatic carbocycles. The molecule has 0 aromatic carbocycles. The minimum absolute atomic E-state index is 0.200. The van der Waals surface area contributed by atoms with E-state index in [1.807, 2.05) is 0 Å². The highest BCUT2D eigenvalue weighted by Crippen LogP contribution is 2.30. The quantitative estimate of drug-likeness (QED) is 0.873. The van der Waals surface area contributed by atoms with E-state index in [1.54, 1.807) is 11.3 Å². The van der Waals surface area contributed by atoms with Crippen LogP contribution in [0.3, 0.4) is 0 Å². The molecule has 1 atom stereocenters. The summed E-state index contributed by atoms with van der Waals surface area (Å²) in [6, 6.07) is 2.32. The van der Waals surface area contributed by atoms with Crippen LogP contribution in [0.15, 0.2) is 15.9 Å². The normalized spacial score (nSPS) is 14.4. The molecule has 1 rings (SSSR count). The van der Waals surface area contributed by atoms with E-state index in [0.29, 0.717) is 5.41 Å². The van der Waals surface area contributed by atoms with Gasteiger partial charge in [0.2, 0.25) is 0 Å². The van der Waals surface area contributed by atoms with Gasteiger partial charge >= 0.3 is 0 Å². The van der Waals surface area contributed by atoms with Crippen molar-refractivity contribution >= 4 is 27.3 Å². The minimum atomic E-state index is 0.200. The third kappa shape index (κ3) is 4.11. The maximum atomic E-state index is 6.11. The fraction of sp³-hybridized carbons (Fsp3) is 0.636. The number of rotatable bonds is 3. The van der Waals surface area contributed by atoms with Crippen molar-refractivity contribution in [1.82, 2.24) is 0 Å². The lowest BCUT2D eigenvalue weighted by molar-refractivity contribution is 0.351. The van der Waals surface area contributed by atoms with Crippen LogP contribution in [0.4, 0.5) is 0 Å². The average molecular weight is 276 g/mol. The molecule has 0 aliphatic heterocycles. The van der Waals surface area contributed by atoms with Crippen LogP contribution in [0, 0.1) is 5.41 Å². The zero-order chi connectivity index (χ0) is 10.8. The van der Waals surface area contributed by atoms with E-state index < -0.39 is 0 Å². The predicted octanol–water partition coefficient (Wildman–Crippen LogP) is 4.34. The van der Waals surface area contributed by atoms with Gasteiger partial charge in [0, 0.05) is 20.8 Å². The molecule has 0 radical (unpaired) electrons. The van der Waals surface area contributed by atoms with Crippen molar-refractivity contribution in [2.75, 3.05) is 0 Å². The van der Waals surface area contributed by atoms with Crippen molar-refractivity contribution in [3.05, 3.63) is 20.8 Å². The van der Waals surface area contributed by atoms with Crippen LogP contribution in [0.2, 0.25) is 0 Å². The summed E-state index contributed by atoms with van der Waals surface area (Å²) in [5.74, 6) is 0. The van der Waals surface area contributed by atoms with Crippen molar-refractivity contribution in [2.45, 2.75) is 39.7 Å². The van der Waals surface area contributed by atoms with E-state index >= 15 is 0 Å². The third-order valence-corrected chi connectivity index (χ3v) is 3.98. The van der Waals surface area contributed by atoms with Crippen LogP contribution in [-0.2, 0) is 0 Å². The lowest BCUT2D eigenvalue weighted by Crippen LogP contribution is -2.13. The van der Waals surface area contributed by atoms with Gasteiger partial charge in [0.15, 0.2) is 0 Å². The fourth-order valence-electron chi connectivity index (χ4n) is 1.25. The molecule has 1 heterocycles. The van der Waals surface area contributed by atoms with Crippen molar-refractivity contribution in [3.8, 4) is 0 Å². The first kappa shape index (κ1) is 12.2. The summed E-state index contributed by atoms with van der Waals surface area (Å²) < 4.78 is 1.14. The summed E-state index contributed by atoms with van der Waals surface area (Å²) in [5, 5.41) is 2.09. The van der Waals surface area contributed by atoms with Gasteiger partial charge in [-0.1, -0.05) is 20.8 Å². The molecule has 3 heteroatoms. The molecular weight excluding hydrogens is 258 g/mol. The SMILES string of the molecule is CC(C)(C)CCC(N)c1cc(Br)cs1. The first-order valence-electron chi connectivity index (χ1n) is 4.88. The monoisotopic (exact) mass is 275 g/mol. The Morgan fingerprint density at radius 2 is 2.14 bits per heavy atom. The van der Waals surface area contributed by atoms with Crippen molar-refractivity contribution in [3.63, 3.8) is 0 Å². The van der Waals surface area contributed by atoms with E-state index in [-0.39, 0.29) is 6.04 Å². The number of hydrogen-bond donors (Lipinski definition) is 1. The molecule has 80 valence electrons. The highest BCUT2D eigenvalue weighted by molar-refractivity contribution is 9.10. The number of nitrogens with two attached hydrogens (primary N) is 1. The molecular formula is C11H18BrNS. The molecule has 1 unspecified atom stereocenters. The Hall–Kier alpha value is 0.140. The molecule has 0 saturated heterocycles. The predicted molar refractivity (Wildman–Crippen MR) is 67.6 cm³/mol. The highest BCUT2D eigenvalue weighted by atomic mass is 79.9. The van der Waals surface area contributed by atoms with Gasteiger partial charge < -0.3 is 5.73 Å². The minimum Gasteiger partial charge on any atom is -0.323 e. The van der Waals surface area contributed by atoms with Crippen LogP contribution < -0.4 is 5.73 Å². The molecule has 14 heavy (non-hydrogen) atoms. The third-order valence-electron chi connectivity index (χ3n) is 2.16. The summed E-state index contributed by atoms with van der Waals surface area (Å²) in [6.45, 7) is 6.76. The first-order valence-corrected chi connectivity index (χ1v) is 6.55. The van der Waals surface area contributed by atoms with Crippen molar-refractivity contribution in [1.29, 1.82) is 0 Å². The highest BCUT2D eigenvalue weighted by Gasteiger charge is 2.14. The van der Waals surface area contributed by atoms with Crippen molar-refractivity contribution in [2.24, 2.45) is 11.1 Å². The average Bonchev–Trinajstić information content (AvgIpc) is 2.46. The number of halogens is 1. The number of thiophene rings is 1. The summed E-state index contributed by atoms with van der Waals surface area (Å²) >= 11 is 5.18. The Kier molecular flexibility index (Phi) is 4.16. The molecule has 0 saturated carbocycles. The zero-order valence-corrected chi connectivity index (χ0v) is 11.4. The van der Waals surface area contributed by atoms with Gasteiger partial charge in [-0.25, -0.2) is 0 Å². The van der Waals surface area contributed by atoms with Gasteiger partial charge in [-0.15, -0.1) is 11.3 Å². The van der Waals surface area contributed by atoms with E-state index in [2.05, 4.69) is 48.1 Å². The van der Waals surface area contributed by atoms with Gasteiger partial charge in [0.25, 0.3) is 0 Å². The van der Waals surface area contributed by atoms with Gasteiger partial charge in [-0.2, -0.15) is 0 Å². The van der Waals surface area contributed by atoms with Crippen LogP contribution >= 0.6 is 27.3 Å².